The number of fused-ring (bicyclic) bond motifs is 1. The molecule has 1 aromatic heterocycles. The van der Waals surface area contributed by atoms with Gasteiger partial charge in [0.05, 0.1) is 0 Å². The van der Waals surface area contributed by atoms with Crippen LogP contribution in [0.15, 0.2) is 35.7 Å². The van der Waals surface area contributed by atoms with Crippen LogP contribution in [-0.2, 0) is 19.4 Å². The third-order valence-electron chi connectivity index (χ3n) is 3.73. The van der Waals surface area contributed by atoms with Gasteiger partial charge in [-0.25, -0.2) is 0 Å². The van der Waals surface area contributed by atoms with Crippen molar-refractivity contribution in [3.05, 3.63) is 51.7 Å². The van der Waals surface area contributed by atoms with Gasteiger partial charge in [0.2, 0.25) is 0 Å². The topological polar surface area (TPSA) is 15.3 Å². The second-order valence-electron chi connectivity index (χ2n) is 5.14. The van der Waals surface area contributed by atoms with E-state index in [1.165, 1.54) is 28.1 Å². The Morgan fingerprint density at radius 1 is 1.32 bits per heavy atom. The van der Waals surface area contributed by atoms with Crippen LogP contribution >= 0.6 is 11.3 Å². The molecule has 1 aliphatic heterocycles. The molecule has 1 N–H and O–H groups in total. The molecular weight excluding hydrogens is 252 g/mol. The molecule has 1 aromatic carbocycles. The monoisotopic (exact) mass is 272 g/mol. The Balaban J connectivity index is 1.51. The fourth-order valence-electron chi connectivity index (χ4n) is 2.63. The van der Waals surface area contributed by atoms with Crippen molar-refractivity contribution in [2.75, 3.05) is 25.0 Å². The molecule has 0 fully saturated rings. The predicted molar refractivity (Wildman–Crippen MR) is 83.1 cm³/mol. The second kappa shape index (κ2) is 5.76. The van der Waals surface area contributed by atoms with Crippen LogP contribution in [0.25, 0.3) is 0 Å². The van der Waals surface area contributed by atoms with E-state index in [-0.39, 0.29) is 0 Å². The largest absolute Gasteiger partial charge is 0.374 e. The zero-order chi connectivity index (χ0) is 13.1. The van der Waals surface area contributed by atoms with E-state index in [1.807, 2.05) is 11.3 Å². The number of nitrogens with one attached hydrogen (secondary N) is 1. The molecule has 0 amide bonds. The summed E-state index contributed by atoms with van der Waals surface area (Å²) in [6.45, 7) is 3.18. The Kier molecular flexibility index (Phi) is 3.85. The molecule has 100 valence electrons. The zero-order valence-electron chi connectivity index (χ0n) is 11.4. The van der Waals surface area contributed by atoms with Crippen LogP contribution in [0.5, 0.6) is 0 Å². The van der Waals surface area contributed by atoms with Crippen molar-refractivity contribution in [2.45, 2.75) is 19.4 Å². The van der Waals surface area contributed by atoms with Crippen molar-refractivity contribution in [3.8, 4) is 0 Å². The van der Waals surface area contributed by atoms with Gasteiger partial charge in [-0.1, -0.05) is 18.2 Å². The van der Waals surface area contributed by atoms with E-state index in [2.05, 4.69) is 53.0 Å². The number of anilines is 1. The fraction of sp³-hybridized carbons (Fsp3) is 0.375. The van der Waals surface area contributed by atoms with Gasteiger partial charge in [-0.3, -0.25) is 0 Å². The highest BCUT2D eigenvalue weighted by atomic mass is 32.1. The van der Waals surface area contributed by atoms with E-state index in [0.29, 0.717) is 0 Å². The Morgan fingerprint density at radius 2 is 2.26 bits per heavy atom. The summed E-state index contributed by atoms with van der Waals surface area (Å²) < 4.78 is 0. The van der Waals surface area contributed by atoms with Crippen LogP contribution in [-0.4, -0.2) is 20.1 Å². The van der Waals surface area contributed by atoms with E-state index in [0.717, 1.165) is 26.1 Å². The van der Waals surface area contributed by atoms with Crippen molar-refractivity contribution in [1.29, 1.82) is 0 Å². The highest BCUT2D eigenvalue weighted by Crippen LogP contribution is 2.27. The first-order valence-electron chi connectivity index (χ1n) is 6.89. The first-order valence-corrected chi connectivity index (χ1v) is 7.77. The minimum Gasteiger partial charge on any atom is -0.374 e. The number of benzene rings is 1. The third-order valence-corrected chi connectivity index (χ3v) is 4.67. The van der Waals surface area contributed by atoms with Crippen molar-refractivity contribution in [1.82, 2.24) is 5.32 Å². The molecule has 2 aromatic rings. The quantitative estimate of drug-likeness (QED) is 0.842. The smallest absolute Gasteiger partial charge is 0.0397 e. The highest BCUT2D eigenvalue weighted by molar-refractivity contribution is 7.09. The molecule has 19 heavy (non-hydrogen) atoms. The first-order chi connectivity index (χ1) is 9.33. The van der Waals surface area contributed by atoms with Gasteiger partial charge in [-0.15, -0.1) is 11.3 Å². The number of hydrogen-bond donors (Lipinski definition) is 1. The van der Waals surface area contributed by atoms with Crippen molar-refractivity contribution in [3.63, 3.8) is 0 Å². The van der Waals surface area contributed by atoms with E-state index >= 15 is 0 Å². The molecule has 2 heterocycles. The molecule has 3 heteroatoms. The minimum atomic E-state index is 0.975. The summed E-state index contributed by atoms with van der Waals surface area (Å²) in [4.78, 5) is 3.80. The van der Waals surface area contributed by atoms with Crippen LogP contribution in [0.2, 0.25) is 0 Å². The van der Waals surface area contributed by atoms with Gasteiger partial charge in [-0.05, 0) is 41.5 Å². The van der Waals surface area contributed by atoms with Gasteiger partial charge < -0.3 is 10.2 Å². The van der Waals surface area contributed by atoms with Crippen molar-refractivity contribution in [2.24, 2.45) is 0 Å². The van der Waals surface area contributed by atoms with Gasteiger partial charge in [0.1, 0.15) is 0 Å². The number of nitrogens with zero attached hydrogens (tertiary/aromatic N) is 1. The summed E-state index contributed by atoms with van der Waals surface area (Å²) >= 11 is 1.84. The molecule has 0 spiro atoms. The van der Waals surface area contributed by atoms with Crippen LogP contribution < -0.4 is 10.2 Å². The maximum Gasteiger partial charge on any atom is 0.0397 e. The maximum absolute atomic E-state index is 3.54. The van der Waals surface area contributed by atoms with Crippen LogP contribution in [0, 0.1) is 0 Å². The second-order valence-corrected chi connectivity index (χ2v) is 6.17. The highest BCUT2D eigenvalue weighted by Gasteiger charge is 2.15. The maximum atomic E-state index is 3.54. The Labute approximate surface area is 119 Å². The molecule has 2 nitrogen and oxygen atoms in total. The average molecular weight is 272 g/mol. The summed E-state index contributed by atoms with van der Waals surface area (Å²) in [7, 11) is 2.17. The molecule has 0 saturated carbocycles. The molecule has 0 atom stereocenters. The molecule has 0 bridgehead atoms. The molecule has 0 saturated heterocycles. The molecule has 0 unspecified atom stereocenters. The number of rotatable bonds is 5. The number of thiophene rings is 1. The number of hydrogen-bond acceptors (Lipinski definition) is 3. The summed E-state index contributed by atoms with van der Waals surface area (Å²) in [6.07, 6.45) is 2.32. The molecule has 0 radical (unpaired) electrons. The van der Waals surface area contributed by atoms with E-state index < -0.39 is 0 Å². The van der Waals surface area contributed by atoms with Crippen LogP contribution in [0.3, 0.4) is 0 Å². The zero-order valence-corrected chi connectivity index (χ0v) is 12.2. The number of likely N-dealkylation sites (N-methyl/N-ethyl adjacent to an activating group) is 1. The summed E-state index contributed by atoms with van der Waals surface area (Å²) in [6, 6.07) is 11.2. The SMILES string of the molecule is CN1CCc2cc(CNCCc3cccs3)ccc21. The average Bonchev–Trinajstić information content (AvgIpc) is 3.05. The van der Waals surface area contributed by atoms with Crippen LogP contribution in [0.1, 0.15) is 16.0 Å². The Morgan fingerprint density at radius 3 is 3.11 bits per heavy atom. The standard InChI is InChI=1S/C16H20N2S/c1-18-9-7-14-11-13(4-5-16(14)18)12-17-8-6-15-3-2-10-19-15/h2-5,10-11,17H,6-9,12H2,1H3. The van der Waals surface area contributed by atoms with Crippen LogP contribution in [0.4, 0.5) is 5.69 Å². The summed E-state index contributed by atoms with van der Waals surface area (Å²) in [5.74, 6) is 0. The van der Waals surface area contributed by atoms with E-state index in [1.54, 1.807) is 0 Å². The lowest BCUT2D eigenvalue weighted by molar-refractivity contribution is 0.690. The normalized spacial score (nSPS) is 13.8. The van der Waals surface area contributed by atoms with Gasteiger partial charge in [0.15, 0.2) is 0 Å². The Hall–Kier alpha value is -1.32. The first kappa shape index (κ1) is 12.7. The van der Waals surface area contributed by atoms with Crippen molar-refractivity contribution < 1.29 is 0 Å². The summed E-state index contributed by atoms with van der Waals surface area (Å²) in [5, 5.41) is 5.68. The van der Waals surface area contributed by atoms with Gasteiger partial charge in [0.25, 0.3) is 0 Å². The van der Waals surface area contributed by atoms with Crippen molar-refractivity contribution >= 4 is 17.0 Å². The van der Waals surface area contributed by atoms with Gasteiger partial charge in [0, 0.05) is 37.2 Å². The van der Waals surface area contributed by atoms with E-state index in [4.69, 9.17) is 0 Å². The van der Waals surface area contributed by atoms with Gasteiger partial charge in [-0.2, -0.15) is 0 Å². The molecule has 3 rings (SSSR count). The van der Waals surface area contributed by atoms with E-state index in [9.17, 15) is 0 Å². The lowest BCUT2D eigenvalue weighted by Gasteiger charge is -2.12. The summed E-state index contributed by atoms with van der Waals surface area (Å²) in [5.41, 5.74) is 4.31. The fourth-order valence-corrected chi connectivity index (χ4v) is 3.34. The van der Waals surface area contributed by atoms with Gasteiger partial charge >= 0.3 is 0 Å². The minimum absolute atomic E-state index is 0.975. The lowest BCUT2D eigenvalue weighted by Crippen LogP contribution is -2.16. The predicted octanol–water partition coefficient (Wildman–Crippen LogP) is 3.07. The molecule has 1 aliphatic rings. The molecule has 0 aliphatic carbocycles. The third kappa shape index (κ3) is 2.99. The molecular formula is C16H20N2S. The lowest BCUT2D eigenvalue weighted by atomic mass is 10.1. The Bertz CT molecular complexity index is 534.